The molecule has 0 aliphatic carbocycles. The first kappa shape index (κ1) is 28.5. The average Bonchev–Trinajstić information content (AvgIpc) is 2.96. The molecule has 0 aromatic heterocycles. The average molecular weight is 534 g/mol. The number of carbonyl (C=O) groups is 1. The van der Waals surface area contributed by atoms with E-state index in [2.05, 4.69) is 30.9 Å². The summed E-state index contributed by atoms with van der Waals surface area (Å²) in [6.07, 6.45) is 1.59. The topological polar surface area (TPSA) is 77.5 Å². The molecule has 0 amide bonds. The Labute approximate surface area is 231 Å². The van der Waals surface area contributed by atoms with Gasteiger partial charge in [0.2, 0.25) is 0 Å². The maximum Gasteiger partial charge on any atom is 0.307 e. The van der Waals surface area contributed by atoms with Gasteiger partial charge in [-0.2, -0.15) is 0 Å². The highest BCUT2D eigenvalue weighted by Crippen LogP contribution is 2.45. The molecule has 39 heavy (non-hydrogen) atoms. The van der Waals surface area contributed by atoms with Gasteiger partial charge in [0.1, 0.15) is 22.8 Å². The molecule has 3 aromatic carbocycles. The Morgan fingerprint density at radius 3 is 1.90 bits per heavy atom. The van der Waals surface area contributed by atoms with Gasteiger partial charge in [-0.15, -0.1) is 0 Å². The minimum Gasteiger partial charge on any atom is -0.497 e. The number of rotatable bonds is 11. The van der Waals surface area contributed by atoms with Crippen molar-refractivity contribution in [1.29, 1.82) is 0 Å². The second-order valence-corrected chi connectivity index (χ2v) is 10.1. The predicted molar refractivity (Wildman–Crippen MR) is 151 cm³/mol. The summed E-state index contributed by atoms with van der Waals surface area (Å²) < 4.78 is 23.6. The number of benzene rings is 3. The van der Waals surface area contributed by atoms with E-state index in [0.29, 0.717) is 19.7 Å². The van der Waals surface area contributed by atoms with Crippen molar-refractivity contribution in [1.82, 2.24) is 4.90 Å². The largest absolute Gasteiger partial charge is 0.497 e. The van der Waals surface area contributed by atoms with Gasteiger partial charge in [-0.3, -0.25) is 4.79 Å². The molecule has 0 radical (unpaired) electrons. The Bertz CT molecular complexity index is 1220. The summed E-state index contributed by atoms with van der Waals surface area (Å²) in [7, 11) is 4.99. The normalized spacial score (nSPS) is 16.1. The monoisotopic (exact) mass is 533 g/mol. The maximum absolute atomic E-state index is 11.6. The molecule has 1 aliphatic rings. The van der Waals surface area contributed by atoms with E-state index in [1.165, 1.54) is 0 Å². The van der Waals surface area contributed by atoms with Crippen LogP contribution in [0.5, 0.6) is 17.2 Å². The molecule has 4 rings (SSSR count). The summed E-state index contributed by atoms with van der Waals surface area (Å²) in [5.74, 6) is 1.26. The number of carboxylic acids is 1. The van der Waals surface area contributed by atoms with E-state index < -0.39 is 11.6 Å². The van der Waals surface area contributed by atoms with E-state index >= 15 is 0 Å². The lowest BCUT2D eigenvalue weighted by molar-refractivity contribution is -0.143. The predicted octanol–water partition coefficient (Wildman–Crippen LogP) is 5.43. The van der Waals surface area contributed by atoms with Gasteiger partial charge in [-0.1, -0.05) is 24.3 Å². The highest BCUT2D eigenvalue weighted by molar-refractivity contribution is 5.70. The summed E-state index contributed by atoms with van der Waals surface area (Å²) >= 11 is 0. The number of aryl methyl sites for hydroxylation is 2. The van der Waals surface area contributed by atoms with Crippen LogP contribution in [0.1, 0.15) is 40.7 Å². The van der Waals surface area contributed by atoms with Crippen LogP contribution < -0.4 is 14.2 Å². The van der Waals surface area contributed by atoms with Crippen LogP contribution in [0.15, 0.2) is 60.7 Å². The standard InChI is InChI=1S/C32H39NO6/c1-22-19-27(37-4)12-14-29(22)32(25-8-10-26(36-3)11-9-25,30-15-13-28(38-5)20-23(30)2)39-18-17-33-16-6-7-24(21-33)31(34)35/h8-15,19-20,24H,6-7,16-18,21H2,1-5H3,(H,34,35). The van der Waals surface area contributed by atoms with Crippen LogP contribution in [-0.4, -0.2) is 63.5 Å². The van der Waals surface area contributed by atoms with Crippen LogP contribution in [0.25, 0.3) is 0 Å². The Morgan fingerprint density at radius 2 is 1.41 bits per heavy atom. The van der Waals surface area contributed by atoms with Crippen LogP contribution in [-0.2, 0) is 15.1 Å². The van der Waals surface area contributed by atoms with Crippen LogP contribution in [0.2, 0.25) is 0 Å². The molecule has 3 aromatic rings. The third-order valence-corrected chi connectivity index (χ3v) is 7.70. The Hall–Kier alpha value is -3.55. The van der Waals surface area contributed by atoms with Crippen LogP contribution in [0, 0.1) is 19.8 Å². The zero-order valence-electron chi connectivity index (χ0n) is 23.5. The molecule has 0 bridgehead atoms. The molecule has 7 heteroatoms. The van der Waals surface area contributed by atoms with Crippen molar-refractivity contribution in [3.63, 3.8) is 0 Å². The van der Waals surface area contributed by atoms with Gasteiger partial charge >= 0.3 is 5.97 Å². The summed E-state index contributed by atoms with van der Waals surface area (Å²) in [5, 5.41) is 9.56. The van der Waals surface area contributed by atoms with Gasteiger partial charge in [0.15, 0.2) is 0 Å². The molecule has 1 unspecified atom stereocenters. The lowest BCUT2D eigenvalue weighted by Crippen LogP contribution is -2.42. The molecule has 208 valence electrons. The first-order chi connectivity index (χ1) is 18.8. The number of methoxy groups -OCH3 is 3. The van der Waals surface area contributed by atoms with Gasteiger partial charge in [0, 0.05) is 13.1 Å². The zero-order chi connectivity index (χ0) is 28.0. The smallest absolute Gasteiger partial charge is 0.307 e. The third kappa shape index (κ3) is 6.05. The van der Waals surface area contributed by atoms with Crippen molar-refractivity contribution in [3.8, 4) is 17.2 Å². The highest BCUT2D eigenvalue weighted by atomic mass is 16.5. The van der Waals surface area contributed by atoms with E-state index in [1.807, 2.05) is 48.5 Å². The van der Waals surface area contributed by atoms with Crippen LogP contribution >= 0.6 is 0 Å². The number of carboxylic acid groups (broad SMARTS) is 1. The highest BCUT2D eigenvalue weighted by Gasteiger charge is 2.40. The van der Waals surface area contributed by atoms with E-state index in [-0.39, 0.29) is 5.92 Å². The van der Waals surface area contributed by atoms with Crippen molar-refractivity contribution in [2.75, 3.05) is 47.6 Å². The fourth-order valence-electron chi connectivity index (χ4n) is 5.62. The minimum absolute atomic E-state index is 0.335. The Morgan fingerprint density at radius 1 is 0.872 bits per heavy atom. The second kappa shape index (κ2) is 12.5. The summed E-state index contributed by atoms with van der Waals surface area (Å²) in [6, 6.07) is 20.1. The number of piperidine rings is 1. The maximum atomic E-state index is 11.6. The molecule has 1 atom stereocenters. The van der Waals surface area contributed by atoms with Crippen LogP contribution in [0.4, 0.5) is 0 Å². The minimum atomic E-state index is -0.943. The summed E-state index contributed by atoms with van der Waals surface area (Å²) in [5.41, 5.74) is 4.09. The second-order valence-electron chi connectivity index (χ2n) is 10.1. The first-order valence-corrected chi connectivity index (χ1v) is 13.4. The molecule has 1 fully saturated rings. The Kier molecular flexibility index (Phi) is 9.15. The number of likely N-dealkylation sites (tertiary alicyclic amines) is 1. The van der Waals surface area contributed by atoms with Crippen molar-refractivity contribution >= 4 is 5.97 Å². The Balaban J connectivity index is 1.83. The van der Waals surface area contributed by atoms with Gasteiger partial charge in [0.25, 0.3) is 0 Å². The van der Waals surface area contributed by atoms with Gasteiger partial charge in [0.05, 0.1) is 33.9 Å². The van der Waals surface area contributed by atoms with Crippen molar-refractivity contribution in [2.45, 2.75) is 32.3 Å². The molecule has 1 saturated heterocycles. The molecule has 1 aliphatic heterocycles. The zero-order valence-corrected chi connectivity index (χ0v) is 23.5. The number of hydrogen-bond donors (Lipinski definition) is 1. The molecule has 0 spiro atoms. The SMILES string of the molecule is COc1ccc(C(OCCN2CCCC(C(=O)O)C2)(c2ccc(OC)cc2C)c2ccc(OC)cc2C)cc1. The summed E-state index contributed by atoms with van der Waals surface area (Å²) in [6.45, 7) is 6.59. The molecule has 1 heterocycles. The summed E-state index contributed by atoms with van der Waals surface area (Å²) in [4.78, 5) is 13.8. The number of hydrogen-bond acceptors (Lipinski definition) is 6. The quantitative estimate of drug-likeness (QED) is 0.329. The van der Waals surface area contributed by atoms with E-state index in [4.69, 9.17) is 18.9 Å². The molecular weight excluding hydrogens is 494 g/mol. The van der Waals surface area contributed by atoms with Gasteiger partial charge < -0.3 is 29.0 Å². The third-order valence-electron chi connectivity index (χ3n) is 7.70. The van der Waals surface area contributed by atoms with Crippen LogP contribution in [0.3, 0.4) is 0 Å². The lowest BCUT2D eigenvalue weighted by atomic mass is 9.76. The van der Waals surface area contributed by atoms with Crippen molar-refractivity contribution in [2.24, 2.45) is 5.92 Å². The molecule has 1 N–H and O–H groups in total. The van der Waals surface area contributed by atoms with E-state index in [9.17, 15) is 9.90 Å². The molecule has 7 nitrogen and oxygen atoms in total. The number of nitrogens with zero attached hydrogens (tertiary/aromatic N) is 1. The van der Waals surface area contributed by atoms with E-state index in [1.54, 1.807) is 21.3 Å². The van der Waals surface area contributed by atoms with Crippen molar-refractivity contribution in [3.05, 3.63) is 88.5 Å². The van der Waals surface area contributed by atoms with Gasteiger partial charge in [-0.25, -0.2) is 0 Å². The van der Waals surface area contributed by atoms with Crippen molar-refractivity contribution < 1.29 is 28.8 Å². The molecular formula is C32H39NO6. The molecule has 0 saturated carbocycles. The van der Waals surface area contributed by atoms with Gasteiger partial charge in [-0.05, 0) is 97.4 Å². The fourth-order valence-corrected chi connectivity index (χ4v) is 5.62. The first-order valence-electron chi connectivity index (χ1n) is 13.4. The fraction of sp³-hybridized carbons (Fsp3) is 0.406. The number of ether oxygens (including phenoxy) is 4. The number of aliphatic carboxylic acids is 1. The lowest BCUT2D eigenvalue weighted by Gasteiger charge is -2.39. The van der Waals surface area contributed by atoms with E-state index in [0.717, 1.165) is 64.5 Å².